The van der Waals surface area contributed by atoms with Crippen LogP contribution < -0.4 is 5.73 Å². The Balaban J connectivity index is 2.35. The molecule has 2 rings (SSSR count). The monoisotopic (exact) mass is 335 g/mol. The molecular formula is C13H13BrF3NO. The van der Waals surface area contributed by atoms with Crippen molar-refractivity contribution in [1.29, 1.82) is 0 Å². The van der Waals surface area contributed by atoms with Gasteiger partial charge in [-0.1, -0.05) is 15.9 Å². The molecule has 2 nitrogen and oxygen atoms in total. The SMILES string of the molecule is NC(C1=COCCC1)c1cc(C(F)(F)F)ccc1Br. The molecule has 2 N–H and O–H groups in total. The lowest BCUT2D eigenvalue weighted by atomic mass is 9.95. The Morgan fingerprint density at radius 2 is 2.05 bits per heavy atom. The molecule has 1 aromatic carbocycles. The van der Waals surface area contributed by atoms with Crippen LogP contribution in [0.4, 0.5) is 13.2 Å². The molecule has 1 aliphatic heterocycles. The molecule has 0 aromatic heterocycles. The number of nitrogens with two attached hydrogens (primary N) is 1. The Kier molecular flexibility index (Phi) is 4.20. The van der Waals surface area contributed by atoms with Crippen molar-refractivity contribution in [3.05, 3.63) is 45.6 Å². The molecule has 0 amide bonds. The topological polar surface area (TPSA) is 35.2 Å². The molecule has 1 atom stereocenters. The van der Waals surface area contributed by atoms with Gasteiger partial charge in [0.25, 0.3) is 0 Å². The van der Waals surface area contributed by atoms with Crippen LogP contribution in [0.15, 0.2) is 34.5 Å². The lowest BCUT2D eigenvalue weighted by molar-refractivity contribution is -0.137. The number of ether oxygens (including phenoxy) is 1. The standard InChI is InChI=1S/C13H13BrF3NO/c14-11-4-3-9(13(15,16)17)6-10(11)12(18)8-2-1-5-19-7-8/h3-4,6-7,12H,1-2,5,18H2. The number of halogens is 4. The van der Waals surface area contributed by atoms with Gasteiger partial charge in [0.15, 0.2) is 0 Å². The van der Waals surface area contributed by atoms with Gasteiger partial charge in [-0.2, -0.15) is 13.2 Å². The van der Waals surface area contributed by atoms with Gasteiger partial charge in [0.1, 0.15) is 0 Å². The zero-order valence-electron chi connectivity index (χ0n) is 10.0. The molecular weight excluding hydrogens is 323 g/mol. The highest BCUT2D eigenvalue weighted by atomic mass is 79.9. The molecule has 0 bridgehead atoms. The summed E-state index contributed by atoms with van der Waals surface area (Å²) in [5.74, 6) is 0. The van der Waals surface area contributed by atoms with Crippen molar-refractivity contribution < 1.29 is 17.9 Å². The van der Waals surface area contributed by atoms with E-state index >= 15 is 0 Å². The van der Waals surface area contributed by atoms with Crippen LogP contribution in [0.5, 0.6) is 0 Å². The minimum Gasteiger partial charge on any atom is -0.501 e. The predicted molar refractivity (Wildman–Crippen MR) is 69.3 cm³/mol. The summed E-state index contributed by atoms with van der Waals surface area (Å²) in [6, 6.07) is 2.91. The van der Waals surface area contributed by atoms with Crippen molar-refractivity contribution >= 4 is 15.9 Å². The molecule has 0 fully saturated rings. The Bertz CT molecular complexity index is 499. The Labute approximate surface area is 117 Å². The zero-order valence-corrected chi connectivity index (χ0v) is 11.6. The summed E-state index contributed by atoms with van der Waals surface area (Å²) < 4.78 is 43.9. The smallest absolute Gasteiger partial charge is 0.416 e. The van der Waals surface area contributed by atoms with Gasteiger partial charge in [-0.25, -0.2) is 0 Å². The first-order valence-electron chi connectivity index (χ1n) is 5.82. The first kappa shape index (κ1) is 14.4. The van der Waals surface area contributed by atoms with Crippen LogP contribution in [0.1, 0.15) is 30.0 Å². The third kappa shape index (κ3) is 3.30. The lowest BCUT2D eigenvalue weighted by Gasteiger charge is -2.22. The first-order chi connectivity index (χ1) is 8.89. The summed E-state index contributed by atoms with van der Waals surface area (Å²) in [7, 11) is 0. The molecule has 0 saturated carbocycles. The summed E-state index contributed by atoms with van der Waals surface area (Å²) in [6.07, 6.45) is -1.24. The van der Waals surface area contributed by atoms with Crippen LogP contribution >= 0.6 is 15.9 Å². The lowest BCUT2D eigenvalue weighted by Crippen LogP contribution is -2.18. The quantitative estimate of drug-likeness (QED) is 0.880. The van der Waals surface area contributed by atoms with Gasteiger partial charge < -0.3 is 10.5 Å². The van der Waals surface area contributed by atoms with Crippen molar-refractivity contribution in [2.24, 2.45) is 5.73 Å². The van der Waals surface area contributed by atoms with Gasteiger partial charge in [-0.15, -0.1) is 0 Å². The molecule has 6 heteroatoms. The summed E-state index contributed by atoms with van der Waals surface area (Å²) in [5.41, 5.74) is 6.58. The first-order valence-corrected chi connectivity index (χ1v) is 6.61. The summed E-state index contributed by atoms with van der Waals surface area (Å²) in [4.78, 5) is 0. The maximum Gasteiger partial charge on any atom is 0.416 e. The number of benzene rings is 1. The van der Waals surface area contributed by atoms with Crippen LogP contribution in [0, 0.1) is 0 Å². The van der Waals surface area contributed by atoms with Crippen molar-refractivity contribution in [3.8, 4) is 0 Å². The molecule has 0 saturated heterocycles. The Morgan fingerprint density at radius 1 is 1.32 bits per heavy atom. The second-order valence-electron chi connectivity index (χ2n) is 4.38. The molecule has 1 unspecified atom stereocenters. The van der Waals surface area contributed by atoms with E-state index < -0.39 is 17.8 Å². The van der Waals surface area contributed by atoms with E-state index in [1.807, 2.05) is 0 Å². The fraction of sp³-hybridized carbons (Fsp3) is 0.385. The van der Waals surface area contributed by atoms with Gasteiger partial charge in [0.05, 0.1) is 24.5 Å². The molecule has 0 spiro atoms. The summed E-state index contributed by atoms with van der Waals surface area (Å²) >= 11 is 3.25. The van der Waals surface area contributed by atoms with Gasteiger partial charge in [-0.05, 0) is 42.2 Å². The molecule has 0 aliphatic carbocycles. The zero-order chi connectivity index (χ0) is 14.0. The molecule has 1 heterocycles. The van der Waals surface area contributed by atoms with Gasteiger partial charge >= 0.3 is 6.18 Å². The van der Waals surface area contributed by atoms with E-state index in [-0.39, 0.29) is 0 Å². The molecule has 19 heavy (non-hydrogen) atoms. The molecule has 104 valence electrons. The van der Waals surface area contributed by atoms with Crippen LogP contribution in [0.25, 0.3) is 0 Å². The predicted octanol–water partition coefficient (Wildman–Crippen LogP) is 4.16. The maximum atomic E-state index is 12.7. The highest BCUT2D eigenvalue weighted by Gasteiger charge is 2.31. The Hall–Kier alpha value is -1.01. The molecule has 1 aliphatic rings. The number of rotatable bonds is 2. The van der Waals surface area contributed by atoms with Crippen molar-refractivity contribution in [2.45, 2.75) is 25.1 Å². The fourth-order valence-corrected chi connectivity index (χ4v) is 2.46. The van der Waals surface area contributed by atoms with Gasteiger partial charge in [0.2, 0.25) is 0 Å². The van der Waals surface area contributed by atoms with Gasteiger partial charge in [0, 0.05) is 4.47 Å². The molecule has 0 radical (unpaired) electrons. The van der Waals surface area contributed by atoms with E-state index in [0.29, 0.717) is 16.6 Å². The minimum absolute atomic E-state index is 0.423. The average Bonchev–Trinajstić information content (AvgIpc) is 2.38. The number of hydrogen-bond acceptors (Lipinski definition) is 2. The summed E-state index contributed by atoms with van der Waals surface area (Å²) in [6.45, 7) is 0.625. The number of hydrogen-bond donors (Lipinski definition) is 1. The fourth-order valence-electron chi connectivity index (χ4n) is 1.97. The van der Waals surface area contributed by atoms with Crippen molar-refractivity contribution in [1.82, 2.24) is 0 Å². The van der Waals surface area contributed by atoms with Crippen molar-refractivity contribution in [2.75, 3.05) is 6.61 Å². The minimum atomic E-state index is -4.37. The van der Waals surface area contributed by atoms with E-state index in [0.717, 1.165) is 30.5 Å². The normalized spacial score (nSPS) is 17.6. The van der Waals surface area contributed by atoms with Crippen LogP contribution in [-0.2, 0) is 10.9 Å². The highest BCUT2D eigenvalue weighted by molar-refractivity contribution is 9.10. The second kappa shape index (κ2) is 5.54. The summed E-state index contributed by atoms with van der Waals surface area (Å²) in [5, 5.41) is 0. The largest absolute Gasteiger partial charge is 0.501 e. The molecule has 1 aromatic rings. The number of alkyl halides is 3. The van der Waals surface area contributed by atoms with Crippen LogP contribution in [-0.4, -0.2) is 6.61 Å². The second-order valence-corrected chi connectivity index (χ2v) is 5.23. The van der Waals surface area contributed by atoms with E-state index in [9.17, 15) is 13.2 Å². The van der Waals surface area contributed by atoms with Crippen LogP contribution in [0.3, 0.4) is 0 Å². The van der Waals surface area contributed by atoms with Crippen molar-refractivity contribution in [3.63, 3.8) is 0 Å². The van der Waals surface area contributed by atoms with E-state index in [1.54, 1.807) is 6.26 Å². The Morgan fingerprint density at radius 3 is 2.63 bits per heavy atom. The van der Waals surface area contributed by atoms with Crippen LogP contribution in [0.2, 0.25) is 0 Å². The average molecular weight is 336 g/mol. The highest BCUT2D eigenvalue weighted by Crippen LogP contribution is 2.36. The van der Waals surface area contributed by atoms with Gasteiger partial charge in [-0.3, -0.25) is 0 Å². The third-order valence-electron chi connectivity index (χ3n) is 3.02. The van der Waals surface area contributed by atoms with E-state index in [1.165, 1.54) is 6.07 Å². The van der Waals surface area contributed by atoms with E-state index in [2.05, 4.69) is 15.9 Å². The third-order valence-corrected chi connectivity index (χ3v) is 3.74. The maximum absolute atomic E-state index is 12.7. The van der Waals surface area contributed by atoms with E-state index in [4.69, 9.17) is 10.5 Å².